The fourth-order valence-electron chi connectivity index (χ4n) is 3.50. The molecule has 0 amide bonds. The molecule has 0 radical (unpaired) electrons. The van der Waals surface area contributed by atoms with Crippen LogP contribution in [0.4, 0.5) is 11.4 Å². The van der Waals surface area contributed by atoms with Crippen molar-refractivity contribution in [1.29, 1.82) is 0 Å². The van der Waals surface area contributed by atoms with Crippen LogP contribution in [0.25, 0.3) is 0 Å². The third kappa shape index (κ3) is 12.4. The van der Waals surface area contributed by atoms with E-state index in [-0.39, 0.29) is 12.4 Å². The van der Waals surface area contributed by atoms with Gasteiger partial charge in [-0.2, -0.15) is 0 Å². The predicted octanol–water partition coefficient (Wildman–Crippen LogP) is 4.07. The van der Waals surface area contributed by atoms with Crippen molar-refractivity contribution in [3.63, 3.8) is 0 Å². The van der Waals surface area contributed by atoms with Gasteiger partial charge < -0.3 is 15.7 Å². The molecule has 0 unspecified atom stereocenters. The van der Waals surface area contributed by atoms with E-state index in [0.717, 1.165) is 68.6 Å². The van der Waals surface area contributed by atoms with E-state index in [1.807, 2.05) is 12.1 Å². The Bertz CT molecular complexity index is 1380. The number of aliphatic hydroxyl groups is 1. The molecule has 2 aromatic rings. The molecule has 5 N–H and O–H groups in total. The summed E-state index contributed by atoms with van der Waals surface area (Å²) in [6.07, 6.45) is 3.45. The standard InChI is InChI=1S/2C11H13BrClN3O2S.CH4O.ClH/c2*1-19(17,18)16-8-3-2-7(10(12)11(8)13)6-9-14-4-5-15-9;1-2;/h2*2-3,16H,4-6H2,1H3,(H,14,15);2H,1H3;1H. The average molecular weight is 802 g/mol. The number of benzene rings is 2. The topological polar surface area (TPSA) is 161 Å². The minimum absolute atomic E-state index is 0. The van der Waals surface area contributed by atoms with Crippen molar-refractivity contribution >= 4 is 111 Å². The van der Waals surface area contributed by atoms with E-state index in [9.17, 15) is 16.8 Å². The number of aliphatic imine (C=N–C) groups is 2. The lowest BCUT2D eigenvalue weighted by Gasteiger charge is -2.11. The van der Waals surface area contributed by atoms with Crippen LogP contribution in [-0.4, -0.2) is 79.4 Å². The van der Waals surface area contributed by atoms with Gasteiger partial charge in [0.15, 0.2) is 0 Å². The Morgan fingerprint density at radius 1 is 0.780 bits per heavy atom. The highest BCUT2D eigenvalue weighted by Crippen LogP contribution is 2.35. The summed E-state index contributed by atoms with van der Waals surface area (Å²) >= 11 is 19.1. The zero-order valence-electron chi connectivity index (χ0n) is 22.3. The van der Waals surface area contributed by atoms with Crippen molar-refractivity contribution in [3.05, 3.63) is 54.4 Å². The normalized spacial score (nSPS) is 14.0. The molecule has 2 heterocycles. The Kier molecular flexibility index (Phi) is 15.7. The Labute approximate surface area is 273 Å². The van der Waals surface area contributed by atoms with E-state index in [1.54, 1.807) is 12.1 Å². The van der Waals surface area contributed by atoms with Crippen LogP contribution in [0.3, 0.4) is 0 Å². The maximum atomic E-state index is 11.2. The first-order valence-corrected chi connectivity index (χ1v) is 17.7. The SMILES string of the molecule is CO.CS(=O)(=O)Nc1ccc(CC2=NCCN2)c(Br)c1Cl.CS(=O)(=O)Nc1ccc(CC2=NCCN2)c(Br)c1Cl.Cl. The molecular weight excluding hydrogens is 771 g/mol. The Balaban J connectivity index is 0.000000378. The van der Waals surface area contributed by atoms with Crippen LogP contribution in [0.2, 0.25) is 10.0 Å². The number of hydrogen-bond donors (Lipinski definition) is 5. The molecule has 0 atom stereocenters. The largest absolute Gasteiger partial charge is 0.400 e. The van der Waals surface area contributed by atoms with Crippen molar-refractivity contribution in [3.8, 4) is 0 Å². The van der Waals surface area contributed by atoms with Gasteiger partial charge in [0, 0.05) is 42.0 Å². The number of hydrogen-bond acceptors (Lipinski definition) is 9. The summed E-state index contributed by atoms with van der Waals surface area (Å²) in [5.41, 5.74) is 2.64. The van der Waals surface area contributed by atoms with Gasteiger partial charge in [-0.15, -0.1) is 12.4 Å². The second kappa shape index (κ2) is 17.1. The summed E-state index contributed by atoms with van der Waals surface area (Å²) in [6.45, 7) is 3.28. The number of sulfonamides is 2. The monoisotopic (exact) mass is 798 g/mol. The van der Waals surface area contributed by atoms with Crippen LogP contribution < -0.4 is 20.1 Å². The first-order chi connectivity index (χ1) is 18.7. The third-order valence-corrected chi connectivity index (χ3v) is 9.35. The van der Waals surface area contributed by atoms with Gasteiger partial charge in [-0.1, -0.05) is 35.3 Å². The zero-order chi connectivity index (χ0) is 30.1. The lowest BCUT2D eigenvalue weighted by atomic mass is 10.1. The highest BCUT2D eigenvalue weighted by atomic mass is 79.9. The van der Waals surface area contributed by atoms with E-state index < -0.39 is 20.0 Å². The third-order valence-electron chi connectivity index (χ3n) is 5.12. The zero-order valence-corrected chi connectivity index (χ0v) is 29.4. The number of anilines is 2. The summed E-state index contributed by atoms with van der Waals surface area (Å²) in [6, 6.07) is 6.95. The molecule has 2 aliphatic heterocycles. The first-order valence-electron chi connectivity index (χ1n) is 11.6. The fourth-order valence-corrected chi connectivity index (χ4v) is 6.19. The summed E-state index contributed by atoms with van der Waals surface area (Å²) in [5, 5.41) is 14.1. The predicted molar refractivity (Wildman–Crippen MR) is 179 cm³/mol. The van der Waals surface area contributed by atoms with Crippen LogP contribution in [0.1, 0.15) is 11.1 Å². The second-order valence-electron chi connectivity index (χ2n) is 8.41. The second-order valence-corrected chi connectivity index (χ2v) is 14.3. The van der Waals surface area contributed by atoms with Gasteiger partial charge in [-0.25, -0.2) is 16.8 Å². The van der Waals surface area contributed by atoms with Crippen LogP contribution in [0, 0.1) is 0 Å². The van der Waals surface area contributed by atoms with Gasteiger partial charge in [-0.3, -0.25) is 19.4 Å². The summed E-state index contributed by atoms with van der Waals surface area (Å²) in [7, 11) is -5.69. The summed E-state index contributed by atoms with van der Waals surface area (Å²) in [4.78, 5) is 8.63. The molecule has 2 aliphatic rings. The van der Waals surface area contributed by atoms with Gasteiger partial charge in [0.1, 0.15) is 11.7 Å². The van der Waals surface area contributed by atoms with Crippen LogP contribution in [0.15, 0.2) is 43.2 Å². The van der Waals surface area contributed by atoms with Crippen molar-refractivity contribution in [1.82, 2.24) is 10.6 Å². The number of aliphatic hydroxyl groups excluding tert-OH is 1. The van der Waals surface area contributed by atoms with Crippen LogP contribution in [-0.2, 0) is 32.9 Å². The molecule has 0 saturated heterocycles. The minimum Gasteiger partial charge on any atom is -0.400 e. The minimum atomic E-state index is -3.34. The first kappa shape index (κ1) is 37.7. The van der Waals surface area contributed by atoms with E-state index in [1.165, 1.54) is 0 Å². The lowest BCUT2D eigenvalue weighted by Crippen LogP contribution is -2.20. The summed E-state index contributed by atoms with van der Waals surface area (Å²) in [5.74, 6) is 1.83. The lowest BCUT2D eigenvalue weighted by molar-refractivity contribution is 0.399. The van der Waals surface area contributed by atoms with E-state index in [4.69, 9.17) is 28.3 Å². The summed E-state index contributed by atoms with van der Waals surface area (Å²) < 4.78 is 51.0. The molecule has 0 saturated carbocycles. The van der Waals surface area contributed by atoms with E-state index >= 15 is 0 Å². The Hall–Kier alpha value is -1.33. The molecule has 0 fully saturated rings. The number of rotatable bonds is 8. The van der Waals surface area contributed by atoms with Crippen LogP contribution in [0.5, 0.6) is 0 Å². The molecule has 0 bridgehead atoms. The molecule has 0 aliphatic carbocycles. The Morgan fingerprint density at radius 2 is 1.12 bits per heavy atom. The van der Waals surface area contributed by atoms with E-state index in [2.05, 4.69) is 61.9 Å². The van der Waals surface area contributed by atoms with Crippen molar-refractivity contribution in [2.75, 3.05) is 55.2 Å². The molecule has 4 rings (SSSR count). The molecule has 41 heavy (non-hydrogen) atoms. The smallest absolute Gasteiger partial charge is 0.229 e. The highest BCUT2D eigenvalue weighted by Gasteiger charge is 2.16. The molecular formula is C23H31Br2Cl3N6O5S2. The number of halogens is 5. The quantitative estimate of drug-likeness (QED) is 0.269. The average Bonchev–Trinajstić information content (AvgIpc) is 3.58. The number of nitrogens with zero attached hydrogens (tertiary/aromatic N) is 2. The van der Waals surface area contributed by atoms with Crippen molar-refractivity contribution in [2.45, 2.75) is 12.8 Å². The molecule has 0 spiro atoms. The van der Waals surface area contributed by atoms with Crippen LogP contribution >= 0.6 is 67.5 Å². The van der Waals surface area contributed by atoms with Gasteiger partial charge in [0.2, 0.25) is 20.0 Å². The maximum absolute atomic E-state index is 11.2. The van der Waals surface area contributed by atoms with Gasteiger partial charge in [0.05, 0.1) is 47.0 Å². The fraction of sp³-hybridized carbons (Fsp3) is 0.391. The molecule has 230 valence electrons. The van der Waals surface area contributed by atoms with E-state index in [0.29, 0.717) is 43.2 Å². The molecule has 0 aromatic heterocycles. The molecule has 2 aromatic carbocycles. The number of amidine groups is 2. The van der Waals surface area contributed by atoms with Gasteiger partial charge >= 0.3 is 0 Å². The van der Waals surface area contributed by atoms with Crippen molar-refractivity contribution < 1.29 is 21.9 Å². The van der Waals surface area contributed by atoms with Gasteiger partial charge in [0.25, 0.3) is 0 Å². The highest BCUT2D eigenvalue weighted by molar-refractivity contribution is 9.11. The molecule has 18 heteroatoms. The molecule has 11 nitrogen and oxygen atoms in total. The van der Waals surface area contributed by atoms with Crippen molar-refractivity contribution in [2.24, 2.45) is 9.98 Å². The maximum Gasteiger partial charge on any atom is 0.229 e. The van der Waals surface area contributed by atoms with Gasteiger partial charge in [-0.05, 0) is 55.1 Å². The number of nitrogens with one attached hydrogen (secondary N) is 4. The Morgan fingerprint density at radius 3 is 1.39 bits per heavy atom.